The monoisotopic (exact) mass is 412 g/mol. The van der Waals surface area contributed by atoms with Gasteiger partial charge >= 0.3 is 0 Å². The number of hydrogen-bond donors (Lipinski definition) is 0. The van der Waals surface area contributed by atoms with Crippen LogP contribution in [0.15, 0.2) is 41.0 Å². The highest BCUT2D eigenvalue weighted by Gasteiger charge is 2.44. The van der Waals surface area contributed by atoms with E-state index >= 15 is 0 Å². The maximum atomic E-state index is 12.7. The van der Waals surface area contributed by atoms with E-state index in [0.29, 0.717) is 13.1 Å². The zero-order valence-electron chi connectivity index (χ0n) is 17.6. The summed E-state index contributed by atoms with van der Waals surface area (Å²) in [7, 11) is 3.31. The number of ketones is 1. The fourth-order valence-corrected chi connectivity index (χ4v) is 4.86. The van der Waals surface area contributed by atoms with Gasteiger partial charge in [0.15, 0.2) is 17.3 Å². The number of piperidine rings is 1. The Labute approximate surface area is 176 Å². The third kappa shape index (κ3) is 3.94. The normalized spacial score (nSPS) is 21.7. The first-order valence-corrected chi connectivity index (χ1v) is 10.3. The molecule has 3 heterocycles. The van der Waals surface area contributed by atoms with Crippen LogP contribution in [-0.2, 0) is 11.3 Å². The highest BCUT2D eigenvalue weighted by atomic mass is 16.5. The lowest BCUT2D eigenvalue weighted by molar-refractivity contribution is -0.126. The summed E-state index contributed by atoms with van der Waals surface area (Å²) in [4.78, 5) is 29.2. The molecule has 2 aliphatic rings. The molecule has 1 amide bonds. The third-order valence-electron chi connectivity index (χ3n) is 6.28. The van der Waals surface area contributed by atoms with Crippen LogP contribution in [0.2, 0.25) is 0 Å². The molecule has 2 fully saturated rings. The second-order valence-corrected chi connectivity index (χ2v) is 8.25. The first-order valence-electron chi connectivity index (χ1n) is 10.3. The molecular formula is C23H28N2O5. The number of hydrogen-bond acceptors (Lipinski definition) is 6. The number of methoxy groups -OCH3 is 2. The molecule has 0 radical (unpaired) electrons. The van der Waals surface area contributed by atoms with Crippen LogP contribution >= 0.6 is 0 Å². The fraction of sp³-hybridized carbons (Fsp3) is 0.478. The highest BCUT2D eigenvalue weighted by Crippen LogP contribution is 2.40. The van der Waals surface area contributed by atoms with Crippen molar-refractivity contribution < 1.29 is 23.5 Å². The van der Waals surface area contributed by atoms with Crippen molar-refractivity contribution in [1.29, 1.82) is 0 Å². The molecule has 1 unspecified atom stereocenters. The van der Waals surface area contributed by atoms with Gasteiger partial charge in [-0.2, -0.15) is 0 Å². The number of furan rings is 1. The number of likely N-dealkylation sites (tertiary alicyclic amines) is 2. The molecule has 0 saturated carbocycles. The molecule has 1 atom stereocenters. The average molecular weight is 412 g/mol. The van der Waals surface area contributed by atoms with Crippen LogP contribution in [0.1, 0.15) is 35.4 Å². The number of rotatable bonds is 6. The zero-order valence-corrected chi connectivity index (χ0v) is 17.6. The van der Waals surface area contributed by atoms with Crippen LogP contribution in [0.25, 0.3) is 0 Å². The molecule has 1 aromatic carbocycles. The maximum Gasteiger partial charge on any atom is 0.298 e. The number of Topliss-reactive ketones (excluding diaryl/α,β-unsaturated/α-hetero) is 1. The lowest BCUT2D eigenvalue weighted by Crippen LogP contribution is -2.45. The van der Waals surface area contributed by atoms with Gasteiger partial charge in [0.05, 0.1) is 20.5 Å². The number of para-hydroxylation sites is 1. The van der Waals surface area contributed by atoms with E-state index in [-0.39, 0.29) is 11.2 Å². The minimum atomic E-state index is -0.564. The van der Waals surface area contributed by atoms with Gasteiger partial charge in [0.2, 0.25) is 0 Å². The molecular weight excluding hydrogens is 384 g/mol. The van der Waals surface area contributed by atoms with Crippen molar-refractivity contribution in [3.05, 3.63) is 47.9 Å². The SMILES string of the molecule is COc1cccc(CN2CCCC3(CCN(C(=O)C(=O)c4ccco4)C3)C2)c1OC. The Morgan fingerprint density at radius 2 is 1.93 bits per heavy atom. The summed E-state index contributed by atoms with van der Waals surface area (Å²) in [6.45, 7) is 3.89. The van der Waals surface area contributed by atoms with Crippen molar-refractivity contribution in [2.24, 2.45) is 5.41 Å². The molecule has 0 aliphatic carbocycles. The molecule has 30 heavy (non-hydrogen) atoms. The van der Waals surface area contributed by atoms with Gasteiger partial charge in [-0.25, -0.2) is 0 Å². The van der Waals surface area contributed by atoms with E-state index in [1.165, 1.54) is 12.3 Å². The zero-order chi connectivity index (χ0) is 21.1. The number of nitrogens with zero attached hydrogens (tertiary/aromatic N) is 2. The number of ether oxygens (including phenoxy) is 2. The van der Waals surface area contributed by atoms with Gasteiger partial charge in [-0.15, -0.1) is 0 Å². The van der Waals surface area contributed by atoms with E-state index in [1.807, 2.05) is 12.1 Å². The topological polar surface area (TPSA) is 72.2 Å². The maximum absolute atomic E-state index is 12.7. The lowest BCUT2D eigenvalue weighted by atomic mass is 9.79. The second kappa shape index (κ2) is 8.52. The van der Waals surface area contributed by atoms with E-state index < -0.39 is 11.7 Å². The Kier molecular flexibility index (Phi) is 5.81. The predicted molar refractivity (Wildman–Crippen MR) is 111 cm³/mol. The van der Waals surface area contributed by atoms with Gasteiger partial charge in [-0.1, -0.05) is 12.1 Å². The van der Waals surface area contributed by atoms with Crippen LogP contribution in [-0.4, -0.2) is 61.9 Å². The second-order valence-electron chi connectivity index (χ2n) is 8.25. The lowest BCUT2D eigenvalue weighted by Gasteiger charge is -2.40. The minimum absolute atomic E-state index is 0.0312. The van der Waals surface area contributed by atoms with E-state index in [0.717, 1.165) is 56.0 Å². The van der Waals surface area contributed by atoms with Gasteiger partial charge in [-0.05, 0) is 44.0 Å². The number of carbonyl (C=O) groups excluding carboxylic acids is 2. The molecule has 7 nitrogen and oxygen atoms in total. The summed E-state index contributed by atoms with van der Waals surface area (Å²) in [5, 5.41) is 0. The summed E-state index contributed by atoms with van der Waals surface area (Å²) in [6.07, 6.45) is 4.46. The Hall–Kier alpha value is -2.80. The summed E-state index contributed by atoms with van der Waals surface area (Å²) in [5.41, 5.74) is 1.12. The molecule has 2 aromatic rings. The van der Waals surface area contributed by atoms with Crippen molar-refractivity contribution >= 4 is 11.7 Å². The fourth-order valence-electron chi connectivity index (χ4n) is 4.86. The minimum Gasteiger partial charge on any atom is -0.493 e. The summed E-state index contributed by atoms with van der Waals surface area (Å²) < 4.78 is 16.1. The first-order chi connectivity index (χ1) is 14.5. The number of benzene rings is 1. The van der Waals surface area contributed by atoms with Crippen LogP contribution in [0.4, 0.5) is 0 Å². The highest BCUT2D eigenvalue weighted by molar-refractivity contribution is 6.41. The molecule has 7 heteroatoms. The Balaban J connectivity index is 1.43. The van der Waals surface area contributed by atoms with E-state index in [1.54, 1.807) is 25.2 Å². The van der Waals surface area contributed by atoms with E-state index in [9.17, 15) is 9.59 Å². The Bertz CT molecular complexity index is 910. The molecule has 1 aromatic heterocycles. The molecule has 0 bridgehead atoms. The summed E-state index contributed by atoms with van der Waals surface area (Å²) >= 11 is 0. The standard InChI is InChI=1S/C23H28N2O5/c1-28-19-7-3-6-17(21(19)29-2)14-24-11-5-9-23(15-24)10-12-25(16-23)22(27)20(26)18-8-4-13-30-18/h3-4,6-8,13H,5,9-12,14-16H2,1-2H3. The quantitative estimate of drug-likeness (QED) is 0.537. The van der Waals surface area contributed by atoms with Crippen molar-refractivity contribution in [2.75, 3.05) is 40.4 Å². The van der Waals surface area contributed by atoms with E-state index in [4.69, 9.17) is 13.9 Å². The Morgan fingerprint density at radius 3 is 2.67 bits per heavy atom. The number of carbonyl (C=O) groups is 2. The van der Waals surface area contributed by atoms with Crippen molar-refractivity contribution in [2.45, 2.75) is 25.8 Å². The van der Waals surface area contributed by atoms with Gasteiger partial charge in [0.25, 0.3) is 11.7 Å². The molecule has 2 aliphatic heterocycles. The van der Waals surface area contributed by atoms with Crippen LogP contribution < -0.4 is 9.47 Å². The van der Waals surface area contributed by atoms with Crippen molar-refractivity contribution in [3.63, 3.8) is 0 Å². The number of amides is 1. The Morgan fingerprint density at radius 1 is 1.07 bits per heavy atom. The summed E-state index contributed by atoms with van der Waals surface area (Å²) in [6, 6.07) is 9.10. The molecule has 1 spiro atoms. The van der Waals surface area contributed by atoms with Crippen molar-refractivity contribution in [3.8, 4) is 11.5 Å². The van der Waals surface area contributed by atoms with Gasteiger partial charge in [0, 0.05) is 37.2 Å². The molecule has 4 rings (SSSR count). The summed E-state index contributed by atoms with van der Waals surface area (Å²) in [5.74, 6) is 0.582. The average Bonchev–Trinajstić information content (AvgIpc) is 3.43. The first kappa shape index (κ1) is 20.5. The van der Waals surface area contributed by atoms with Gasteiger partial charge in [-0.3, -0.25) is 14.5 Å². The van der Waals surface area contributed by atoms with E-state index in [2.05, 4.69) is 11.0 Å². The smallest absolute Gasteiger partial charge is 0.298 e. The van der Waals surface area contributed by atoms with Crippen LogP contribution in [0.5, 0.6) is 11.5 Å². The predicted octanol–water partition coefficient (Wildman–Crippen LogP) is 2.99. The third-order valence-corrected chi connectivity index (χ3v) is 6.28. The van der Waals surface area contributed by atoms with Gasteiger partial charge in [0.1, 0.15) is 0 Å². The van der Waals surface area contributed by atoms with Crippen LogP contribution in [0, 0.1) is 5.41 Å². The molecule has 0 N–H and O–H groups in total. The molecule has 2 saturated heterocycles. The van der Waals surface area contributed by atoms with Gasteiger partial charge < -0.3 is 18.8 Å². The largest absolute Gasteiger partial charge is 0.493 e. The molecule has 160 valence electrons. The van der Waals surface area contributed by atoms with Crippen molar-refractivity contribution in [1.82, 2.24) is 9.80 Å². The van der Waals surface area contributed by atoms with Crippen LogP contribution in [0.3, 0.4) is 0 Å².